The number of nitrogens with one attached hydrogen (secondary N) is 1. The van der Waals surface area contributed by atoms with Crippen LogP contribution in [0.5, 0.6) is 5.75 Å². The van der Waals surface area contributed by atoms with E-state index in [9.17, 15) is 13.6 Å². The third-order valence-corrected chi connectivity index (χ3v) is 6.33. The van der Waals surface area contributed by atoms with Gasteiger partial charge in [-0.2, -0.15) is 0 Å². The standard InChI is InChI=1S/C31H25F2NO3/c1-3-36-29-16-30-24(26(18-37-30)22-11-6-9-20-8-4-5-10-21(20)22)15-23(29)19(2)14-31(35)34-17-25-27(32)12-7-13-28(25)33/h4-16,18H,3,17H2,1-2H3,(H,34,35)/b19-14+. The molecule has 5 aromatic rings. The van der Waals surface area contributed by atoms with Crippen LogP contribution >= 0.6 is 0 Å². The van der Waals surface area contributed by atoms with E-state index < -0.39 is 17.5 Å². The highest BCUT2D eigenvalue weighted by molar-refractivity contribution is 6.06. The molecule has 0 aliphatic carbocycles. The topological polar surface area (TPSA) is 51.5 Å². The molecule has 0 fully saturated rings. The number of ether oxygens (including phenoxy) is 1. The van der Waals surface area contributed by atoms with Gasteiger partial charge in [-0.3, -0.25) is 4.79 Å². The second-order valence-corrected chi connectivity index (χ2v) is 8.70. The Morgan fingerprint density at radius 2 is 1.68 bits per heavy atom. The molecule has 0 radical (unpaired) electrons. The lowest BCUT2D eigenvalue weighted by Gasteiger charge is -2.12. The molecule has 1 N–H and O–H groups in total. The summed E-state index contributed by atoms with van der Waals surface area (Å²) in [5, 5.41) is 5.68. The smallest absolute Gasteiger partial charge is 0.244 e. The second-order valence-electron chi connectivity index (χ2n) is 8.70. The lowest BCUT2D eigenvalue weighted by molar-refractivity contribution is -0.116. The van der Waals surface area contributed by atoms with Crippen LogP contribution in [0.1, 0.15) is 25.0 Å². The van der Waals surface area contributed by atoms with Gasteiger partial charge in [-0.05, 0) is 54.0 Å². The maximum absolute atomic E-state index is 13.9. The van der Waals surface area contributed by atoms with Crippen LogP contribution in [-0.2, 0) is 11.3 Å². The number of benzene rings is 4. The molecule has 37 heavy (non-hydrogen) atoms. The number of hydrogen-bond donors (Lipinski definition) is 1. The Labute approximate surface area is 213 Å². The van der Waals surface area contributed by atoms with Crippen molar-refractivity contribution < 1.29 is 22.7 Å². The van der Waals surface area contributed by atoms with Gasteiger partial charge in [-0.25, -0.2) is 8.78 Å². The summed E-state index contributed by atoms with van der Waals surface area (Å²) in [5.74, 6) is -1.29. The average Bonchev–Trinajstić information content (AvgIpc) is 3.30. The molecule has 1 aromatic heterocycles. The Hall–Kier alpha value is -4.45. The molecule has 0 atom stereocenters. The SMILES string of the molecule is CCOc1cc2occ(-c3cccc4ccccc34)c2cc1/C(C)=C/C(=O)NCc1c(F)cccc1F. The zero-order valence-electron chi connectivity index (χ0n) is 20.5. The van der Waals surface area contributed by atoms with Crippen molar-refractivity contribution in [1.29, 1.82) is 0 Å². The molecule has 0 aliphatic rings. The van der Waals surface area contributed by atoms with Crippen LogP contribution in [0.3, 0.4) is 0 Å². The molecule has 1 heterocycles. The first-order chi connectivity index (χ1) is 18.0. The Kier molecular flexibility index (Phi) is 6.73. The summed E-state index contributed by atoms with van der Waals surface area (Å²) in [4.78, 5) is 12.6. The molecule has 0 bridgehead atoms. The van der Waals surface area contributed by atoms with Crippen molar-refractivity contribution >= 4 is 33.2 Å². The van der Waals surface area contributed by atoms with Crippen LogP contribution in [-0.4, -0.2) is 12.5 Å². The van der Waals surface area contributed by atoms with Crippen molar-refractivity contribution in [2.75, 3.05) is 6.61 Å². The minimum atomic E-state index is -0.703. The predicted molar refractivity (Wildman–Crippen MR) is 142 cm³/mol. The first-order valence-electron chi connectivity index (χ1n) is 12.0. The van der Waals surface area contributed by atoms with Crippen LogP contribution in [0.4, 0.5) is 8.78 Å². The highest BCUT2D eigenvalue weighted by Gasteiger charge is 2.17. The minimum absolute atomic E-state index is 0.184. The van der Waals surface area contributed by atoms with Crippen LogP contribution in [0, 0.1) is 11.6 Å². The van der Waals surface area contributed by atoms with E-state index in [1.165, 1.54) is 12.1 Å². The zero-order chi connectivity index (χ0) is 25.9. The Morgan fingerprint density at radius 3 is 2.46 bits per heavy atom. The van der Waals surface area contributed by atoms with Gasteiger partial charge in [0.15, 0.2) is 0 Å². The van der Waals surface area contributed by atoms with Gasteiger partial charge in [0.2, 0.25) is 5.91 Å². The van der Waals surface area contributed by atoms with E-state index in [4.69, 9.17) is 9.15 Å². The van der Waals surface area contributed by atoms with Crippen LogP contribution in [0.15, 0.2) is 89.6 Å². The van der Waals surface area contributed by atoms with E-state index in [-0.39, 0.29) is 12.1 Å². The molecule has 1 amide bonds. The first-order valence-corrected chi connectivity index (χ1v) is 12.0. The molecule has 0 unspecified atom stereocenters. The summed E-state index contributed by atoms with van der Waals surface area (Å²) < 4.78 is 39.6. The molecular formula is C31H25F2NO3. The van der Waals surface area contributed by atoms with E-state index in [1.54, 1.807) is 13.2 Å². The summed E-state index contributed by atoms with van der Waals surface area (Å²) in [6.45, 7) is 3.85. The Bertz CT molecular complexity index is 1630. The highest BCUT2D eigenvalue weighted by atomic mass is 19.1. The molecule has 4 aromatic carbocycles. The maximum atomic E-state index is 13.9. The van der Waals surface area contributed by atoms with Crippen LogP contribution in [0.2, 0.25) is 0 Å². The average molecular weight is 498 g/mol. The fourth-order valence-electron chi connectivity index (χ4n) is 4.51. The fourth-order valence-corrected chi connectivity index (χ4v) is 4.51. The molecule has 0 aliphatic heterocycles. The van der Waals surface area contributed by atoms with E-state index in [1.807, 2.05) is 37.3 Å². The Balaban J connectivity index is 1.52. The summed E-state index contributed by atoms with van der Waals surface area (Å²) in [6, 6.07) is 21.7. The number of fused-ring (bicyclic) bond motifs is 2. The summed E-state index contributed by atoms with van der Waals surface area (Å²) in [7, 11) is 0. The quantitative estimate of drug-likeness (QED) is 0.235. The third-order valence-electron chi connectivity index (χ3n) is 6.33. The lowest BCUT2D eigenvalue weighted by atomic mass is 9.96. The molecular weight excluding hydrogens is 472 g/mol. The first kappa shape index (κ1) is 24.3. The molecule has 5 rings (SSSR count). The summed E-state index contributed by atoms with van der Waals surface area (Å²) in [6.07, 6.45) is 3.14. The van der Waals surface area contributed by atoms with Gasteiger partial charge in [0.25, 0.3) is 0 Å². The van der Waals surface area contributed by atoms with Gasteiger partial charge in [0.05, 0.1) is 12.9 Å². The van der Waals surface area contributed by atoms with Crippen molar-refractivity contribution in [2.45, 2.75) is 20.4 Å². The third kappa shape index (κ3) is 4.83. The van der Waals surface area contributed by atoms with E-state index in [0.717, 1.165) is 45.0 Å². The highest BCUT2D eigenvalue weighted by Crippen LogP contribution is 2.39. The van der Waals surface area contributed by atoms with Crippen molar-refractivity contribution in [2.24, 2.45) is 0 Å². The number of allylic oxidation sites excluding steroid dienone is 1. The zero-order valence-corrected chi connectivity index (χ0v) is 20.5. The van der Waals surface area contributed by atoms with Crippen molar-refractivity contribution in [1.82, 2.24) is 5.32 Å². The fraction of sp³-hybridized carbons (Fsp3) is 0.129. The van der Waals surface area contributed by atoms with Gasteiger partial charge in [-0.1, -0.05) is 48.5 Å². The molecule has 6 heteroatoms. The van der Waals surface area contributed by atoms with Gasteiger partial charge in [-0.15, -0.1) is 0 Å². The number of hydrogen-bond acceptors (Lipinski definition) is 3. The van der Waals surface area contributed by atoms with Crippen LogP contribution in [0.25, 0.3) is 38.4 Å². The van der Waals surface area contributed by atoms with Gasteiger partial charge < -0.3 is 14.5 Å². The number of amides is 1. The number of rotatable bonds is 7. The van der Waals surface area contributed by atoms with Crippen molar-refractivity contribution in [3.8, 4) is 16.9 Å². The molecule has 4 nitrogen and oxygen atoms in total. The normalized spacial score (nSPS) is 11.7. The lowest BCUT2D eigenvalue weighted by Crippen LogP contribution is -2.22. The number of furan rings is 1. The molecule has 186 valence electrons. The second kappa shape index (κ2) is 10.3. The molecule has 0 saturated carbocycles. The number of carbonyl (C=O) groups is 1. The van der Waals surface area contributed by atoms with Gasteiger partial charge in [0.1, 0.15) is 23.0 Å². The van der Waals surface area contributed by atoms with Crippen molar-refractivity contribution in [3.05, 3.63) is 108 Å². The largest absolute Gasteiger partial charge is 0.493 e. The van der Waals surface area contributed by atoms with E-state index >= 15 is 0 Å². The minimum Gasteiger partial charge on any atom is -0.493 e. The summed E-state index contributed by atoms with van der Waals surface area (Å²) in [5.41, 5.74) is 3.83. The van der Waals surface area contributed by atoms with E-state index in [0.29, 0.717) is 23.5 Å². The number of halogens is 2. The predicted octanol–water partition coefficient (Wildman–Crippen LogP) is 7.65. The number of carbonyl (C=O) groups excluding carboxylic acids is 1. The van der Waals surface area contributed by atoms with E-state index in [2.05, 4.69) is 29.6 Å². The Morgan fingerprint density at radius 1 is 0.946 bits per heavy atom. The molecule has 0 saturated heterocycles. The van der Waals surface area contributed by atoms with Crippen LogP contribution < -0.4 is 10.1 Å². The maximum Gasteiger partial charge on any atom is 0.244 e. The van der Waals surface area contributed by atoms with Crippen molar-refractivity contribution in [3.63, 3.8) is 0 Å². The molecule has 0 spiro atoms. The van der Waals surface area contributed by atoms with Gasteiger partial charge in [0, 0.05) is 40.8 Å². The summed E-state index contributed by atoms with van der Waals surface area (Å²) >= 11 is 0. The monoisotopic (exact) mass is 497 g/mol. The van der Waals surface area contributed by atoms with Gasteiger partial charge >= 0.3 is 0 Å².